The van der Waals surface area contributed by atoms with E-state index in [1.165, 1.54) is 18.2 Å². The number of para-hydroxylation sites is 1. The molecule has 4 aromatic carbocycles. The third kappa shape index (κ3) is 5.84. The number of aromatic nitrogens is 2. The smallest absolute Gasteiger partial charge is 0.216 e. The van der Waals surface area contributed by atoms with Gasteiger partial charge in [-0.2, -0.15) is 10.4 Å². The Bertz CT molecular complexity index is 1820. The normalized spacial score (nSPS) is 11.7. The lowest BCUT2D eigenvalue weighted by Crippen LogP contribution is -2.03. The summed E-state index contributed by atoms with van der Waals surface area (Å²) in [4.78, 5) is -0.312. The van der Waals surface area contributed by atoms with Crippen LogP contribution in [0.5, 0.6) is 5.75 Å². The summed E-state index contributed by atoms with van der Waals surface area (Å²) in [6, 6.07) is 32.6. The molecule has 0 aliphatic heterocycles. The maximum absolute atomic E-state index is 13.3. The van der Waals surface area contributed by atoms with E-state index >= 15 is 0 Å². The van der Waals surface area contributed by atoms with Crippen molar-refractivity contribution in [3.63, 3.8) is 0 Å². The van der Waals surface area contributed by atoms with Gasteiger partial charge in [0.2, 0.25) is 9.84 Å². The Hall–Kier alpha value is -4.64. The molecule has 0 fully saturated rings. The van der Waals surface area contributed by atoms with Gasteiger partial charge >= 0.3 is 0 Å². The molecule has 0 saturated carbocycles. The van der Waals surface area contributed by atoms with Crippen LogP contribution in [0, 0.1) is 18.3 Å². The van der Waals surface area contributed by atoms with Crippen LogP contribution in [0.15, 0.2) is 119 Å². The number of aryl methyl sites for hydroxylation is 1. The standard InChI is InChI=1S/C32H24ClN3O3S/c1-23-11-17-29(18-12-23)40(37,38)30(20-34)19-26-21-36(27-8-3-2-4-9-27)35-32(26)24-13-15-28(16-14-24)39-22-25-7-5-6-10-31(25)33/h2-19,21H,22H2,1H3. The molecule has 8 heteroatoms. The van der Waals surface area contributed by atoms with Crippen molar-refractivity contribution in [2.45, 2.75) is 18.4 Å². The van der Waals surface area contributed by atoms with Gasteiger partial charge in [-0.15, -0.1) is 0 Å². The molecular formula is C32H24ClN3O3S. The zero-order valence-corrected chi connectivity index (χ0v) is 23.1. The van der Waals surface area contributed by atoms with E-state index in [1.54, 1.807) is 23.0 Å². The molecule has 5 aromatic rings. The Morgan fingerprint density at radius 1 is 0.950 bits per heavy atom. The SMILES string of the molecule is Cc1ccc(S(=O)(=O)C(C#N)=Cc2cn(-c3ccccc3)nc2-c2ccc(OCc3ccccc3Cl)cc2)cc1. The molecule has 0 N–H and O–H groups in total. The maximum Gasteiger partial charge on any atom is 0.216 e. The summed E-state index contributed by atoms with van der Waals surface area (Å²) in [6.45, 7) is 2.19. The molecule has 0 unspecified atom stereocenters. The minimum atomic E-state index is -4.03. The lowest BCUT2D eigenvalue weighted by atomic mass is 10.1. The van der Waals surface area contributed by atoms with Crippen molar-refractivity contribution >= 4 is 27.5 Å². The van der Waals surface area contributed by atoms with Crippen LogP contribution in [0.2, 0.25) is 5.02 Å². The van der Waals surface area contributed by atoms with Crippen molar-refractivity contribution < 1.29 is 13.2 Å². The molecule has 0 spiro atoms. The maximum atomic E-state index is 13.3. The van der Waals surface area contributed by atoms with E-state index < -0.39 is 9.84 Å². The van der Waals surface area contributed by atoms with Crippen molar-refractivity contribution in [1.29, 1.82) is 5.26 Å². The van der Waals surface area contributed by atoms with Gasteiger partial charge in [0.15, 0.2) is 0 Å². The lowest BCUT2D eigenvalue weighted by Gasteiger charge is -2.08. The van der Waals surface area contributed by atoms with E-state index in [0.29, 0.717) is 28.6 Å². The van der Waals surface area contributed by atoms with Crippen molar-refractivity contribution in [1.82, 2.24) is 9.78 Å². The summed E-state index contributed by atoms with van der Waals surface area (Å²) in [7, 11) is -4.03. The monoisotopic (exact) mass is 565 g/mol. The fourth-order valence-corrected chi connectivity index (χ4v) is 5.41. The molecule has 0 amide bonds. The van der Waals surface area contributed by atoms with Crippen LogP contribution in [-0.2, 0) is 16.4 Å². The van der Waals surface area contributed by atoms with Crippen LogP contribution in [0.25, 0.3) is 23.0 Å². The Balaban J connectivity index is 1.52. The number of hydrogen-bond donors (Lipinski definition) is 0. The summed E-state index contributed by atoms with van der Waals surface area (Å²) in [5.41, 5.74) is 4.33. The molecular weight excluding hydrogens is 542 g/mol. The quantitative estimate of drug-likeness (QED) is 0.183. The van der Waals surface area contributed by atoms with E-state index in [0.717, 1.165) is 22.4 Å². The van der Waals surface area contributed by atoms with Gasteiger partial charge in [-0.1, -0.05) is 65.7 Å². The summed E-state index contributed by atoms with van der Waals surface area (Å²) < 4.78 is 34.2. The molecule has 198 valence electrons. The highest BCUT2D eigenvalue weighted by atomic mass is 35.5. The topological polar surface area (TPSA) is 85.0 Å². The number of allylic oxidation sites excluding steroid dienone is 1. The number of rotatable bonds is 8. The Kier molecular flexibility index (Phi) is 7.83. The first-order valence-corrected chi connectivity index (χ1v) is 14.3. The van der Waals surface area contributed by atoms with E-state index in [4.69, 9.17) is 21.4 Å². The molecule has 0 atom stereocenters. The number of benzene rings is 4. The van der Waals surface area contributed by atoms with Gasteiger partial charge in [0, 0.05) is 27.9 Å². The number of nitrogens with zero attached hydrogens (tertiary/aromatic N) is 3. The van der Waals surface area contributed by atoms with Crippen LogP contribution in [0.4, 0.5) is 0 Å². The first-order valence-electron chi connectivity index (χ1n) is 12.4. The molecule has 0 aliphatic rings. The van der Waals surface area contributed by atoms with E-state index in [2.05, 4.69) is 0 Å². The first kappa shape index (κ1) is 26.9. The number of nitriles is 1. The summed E-state index contributed by atoms with van der Waals surface area (Å²) >= 11 is 6.24. The molecule has 5 rings (SSSR count). The average Bonchev–Trinajstić information content (AvgIpc) is 3.40. The number of ether oxygens (including phenoxy) is 1. The predicted molar refractivity (Wildman–Crippen MR) is 157 cm³/mol. The van der Waals surface area contributed by atoms with Gasteiger partial charge in [-0.05, 0) is 67.6 Å². The van der Waals surface area contributed by atoms with Crippen molar-refractivity contribution in [2.75, 3.05) is 0 Å². The first-order chi connectivity index (χ1) is 19.3. The lowest BCUT2D eigenvalue weighted by molar-refractivity contribution is 0.306. The average molecular weight is 566 g/mol. The van der Waals surface area contributed by atoms with Crippen LogP contribution in [0.1, 0.15) is 16.7 Å². The summed E-state index contributed by atoms with van der Waals surface area (Å²) in [5, 5.41) is 15.3. The molecule has 1 heterocycles. The second-order valence-corrected chi connectivity index (χ2v) is 11.4. The fourth-order valence-electron chi connectivity index (χ4n) is 4.07. The van der Waals surface area contributed by atoms with Crippen LogP contribution in [-0.4, -0.2) is 18.2 Å². The van der Waals surface area contributed by atoms with Gasteiger partial charge < -0.3 is 4.74 Å². The zero-order valence-electron chi connectivity index (χ0n) is 21.5. The molecule has 40 heavy (non-hydrogen) atoms. The largest absolute Gasteiger partial charge is 0.489 e. The van der Waals surface area contributed by atoms with Gasteiger partial charge in [-0.3, -0.25) is 0 Å². The van der Waals surface area contributed by atoms with Crippen molar-refractivity contribution in [3.05, 3.63) is 136 Å². The number of halogens is 1. The summed E-state index contributed by atoms with van der Waals surface area (Å²) in [6.07, 6.45) is 3.09. The molecule has 6 nitrogen and oxygen atoms in total. The minimum absolute atomic E-state index is 0.0583. The van der Waals surface area contributed by atoms with Gasteiger partial charge in [-0.25, -0.2) is 13.1 Å². The zero-order chi connectivity index (χ0) is 28.1. The van der Waals surface area contributed by atoms with Crippen LogP contribution >= 0.6 is 11.6 Å². The Morgan fingerprint density at radius 3 is 2.30 bits per heavy atom. The van der Waals surface area contributed by atoms with E-state index in [-0.39, 0.29) is 9.80 Å². The minimum Gasteiger partial charge on any atom is -0.489 e. The fraction of sp³-hybridized carbons (Fsp3) is 0.0625. The van der Waals surface area contributed by atoms with Crippen LogP contribution in [0.3, 0.4) is 0 Å². The Morgan fingerprint density at radius 2 is 1.62 bits per heavy atom. The molecule has 0 aliphatic carbocycles. The van der Waals surface area contributed by atoms with E-state index in [1.807, 2.05) is 91.9 Å². The van der Waals surface area contributed by atoms with Crippen LogP contribution < -0.4 is 4.74 Å². The Labute approximate surface area is 238 Å². The number of hydrogen-bond acceptors (Lipinski definition) is 5. The second-order valence-electron chi connectivity index (χ2n) is 9.05. The highest BCUT2D eigenvalue weighted by molar-refractivity contribution is 7.95. The van der Waals surface area contributed by atoms with Crippen molar-refractivity contribution in [3.8, 4) is 28.8 Å². The molecule has 0 saturated heterocycles. The van der Waals surface area contributed by atoms with Gasteiger partial charge in [0.1, 0.15) is 29.0 Å². The molecule has 0 bridgehead atoms. The van der Waals surface area contributed by atoms with Gasteiger partial charge in [0.25, 0.3) is 0 Å². The second kappa shape index (κ2) is 11.6. The highest BCUT2D eigenvalue weighted by Gasteiger charge is 2.22. The van der Waals surface area contributed by atoms with Crippen molar-refractivity contribution in [2.24, 2.45) is 0 Å². The molecule has 1 aromatic heterocycles. The number of sulfone groups is 1. The van der Waals surface area contributed by atoms with Gasteiger partial charge in [0.05, 0.1) is 10.6 Å². The summed E-state index contributed by atoms with van der Waals surface area (Å²) in [5.74, 6) is 0.642. The van der Waals surface area contributed by atoms with E-state index in [9.17, 15) is 13.7 Å². The molecule has 0 radical (unpaired) electrons. The third-order valence-corrected chi connectivity index (χ3v) is 8.31. The predicted octanol–water partition coefficient (Wildman–Crippen LogP) is 7.42. The highest BCUT2D eigenvalue weighted by Crippen LogP contribution is 2.30. The third-order valence-electron chi connectivity index (χ3n) is 6.26.